The van der Waals surface area contributed by atoms with Crippen LogP contribution in [0, 0.1) is 23.4 Å². The van der Waals surface area contributed by atoms with E-state index in [1.54, 1.807) is 12.1 Å². The number of rotatable bonds is 5. The lowest BCUT2D eigenvalue weighted by molar-refractivity contribution is -0.130. The number of aromatic amines is 1. The molecule has 5 rings (SSSR count). The van der Waals surface area contributed by atoms with Crippen LogP contribution in [0.3, 0.4) is 0 Å². The lowest BCUT2D eigenvalue weighted by atomic mass is 9.69. The maximum atomic E-state index is 14.5. The Hall–Kier alpha value is -2.84. The SMILES string of the molecule is O=C(NC1(CO)CCOC1)[C@H]1C[C@H](c2c(-c3ccc(F)cc3)[nH]c3c(F)cc(F)cc32)C1. The van der Waals surface area contributed by atoms with Crippen LogP contribution in [-0.4, -0.2) is 41.4 Å². The molecular weight excluding hydrogens is 421 g/mol. The number of ether oxygens (including phenoxy) is 1. The average molecular weight is 444 g/mol. The van der Waals surface area contributed by atoms with Gasteiger partial charge in [-0.3, -0.25) is 4.79 Å². The first-order valence-corrected chi connectivity index (χ1v) is 10.7. The van der Waals surface area contributed by atoms with Gasteiger partial charge in [-0.25, -0.2) is 13.2 Å². The molecule has 1 amide bonds. The predicted molar refractivity (Wildman–Crippen MR) is 112 cm³/mol. The van der Waals surface area contributed by atoms with E-state index in [0.717, 1.165) is 11.6 Å². The van der Waals surface area contributed by atoms with Gasteiger partial charge in [-0.05, 0) is 66.6 Å². The van der Waals surface area contributed by atoms with Crippen molar-refractivity contribution in [3.05, 3.63) is 59.4 Å². The Balaban J connectivity index is 1.44. The topological polar surface area (TPSA) is 74.3 Å². The zero-order chi connectivity index (χ0) is 22.5. The van der Waals surface area contributed by atoms with Crippen LogP contribution in [0.1, 0.15) is 30.7 Å². The quantitative estimate of drug-likeness (QED) is 0.557. The van der Waals surface area contributed by atoms with Crippen LogP contribution in [0.25, 0.3) is 22.2 Å². The molecule has 1 atom stereocenters. The summed E-state index contributed by atoms with van der Waals surface area (Å²) in [5.74, 6) is -2.28. The molecule has 2 heterocycles. The van der Waals surface area contributed by atoms with Crippen molar-refractivity contribution >= 4 is 16.8 Å². The fourth-order valence-electron chi connectivity index (χ4n) is 4.81. The van der Waals surface area contributed by atoms with Crippen LogP contribution in [0.5, 0.6) is 0 Å². The molecule has 32 heavy (non-hydrogen) atoms. The molecule has 1 saturated heterocycles. The third kappa shape index (κ3) is 3.57. The van der Waals surface area contributed by atoms with Crippen molar-refractivity contribution < 1.29 is 27.8 Å². The normalized spacial score (nSPS) is 25.1. The second-order valence-electron chi connectivity index (χ2n) is 8.83. The summed E-state index contributed by atoms with van der Waals surface area (Å²) in [5.41, 5.74) is 1.44. The van der Waals surface area contributed by atoms with Crippen molar-refractivity contribution in [2.45, 2.75) is 30.7 Å². The zero-order valence-electron chi connectivity index (χ0n) is 17.3. The van der Waals surface area contributed by atoms with Crippen molar-refractivity contribution in [2.24, 2.45) is 5.92 Å². The average Bonchev–Trinajstić information content (AvgIpc) is 3.34. The van der Waals surface area contributed by atoms with E-state index in [9.17, 15) is 23.1 Å². The second-order valence-corrected chi connectivity index (χ2v) is 8.83. The van der Waals surface area contributed by atoms with Gasteiger partial charge < -0.3 is 20.1 Å². The first kappa shape index (κ1) is 21.0. The molecule has 3 aromatic rings. The summed E-state index contributed by atoms with van der Waals surface area (Å²) in [5, 5.41) is 13.1. The number of hydrogen-bond donors (Lipinski definition) is 3. The van der Waals surface area contributed by atoms with Crippen LogP contribution in [-0.2, 0) is 9.53 Å². The number of carbonyl (C=O) groups excluding carboxylic acids is 1. The Labute approximate surface area is 182 Å². The van der Waals surface area contributed by atoms with Crippen LogP contribution in [0.4, 0.5) is 13.2 Å². The molecule has 0 spiro atoms. The highest BCUT2D eigenvalue weighted by molar-refractivity contribution is 5.92. The van der Waals surface area contributed by atoms with E-state index in [1.807, 2.05) is 0 Å². The number of fused-ring (bicyclic) bond motifs is 1. The van der Waals surface area contributed by atoms with Crippen molar-refractivity contribution in [1.82, 2.24) is 10.3 Å². The summed E-state index contributed by atoms with van der Waals surface area (Å²) < 4.78 is 47.3. The standard InChI is InChI=1S/C24H23F3N2O3/c25-16-3-1-13(2-4-16)21-20(18-9-17(26)10-19(27)22(18)28-21)14-7-15(8-14)23(31)29-24(11-30)5-6-32-12-24/h1-4,9-10,14-15,28,30H,5-8,11-12H2,(H,29,31)/t14-,15-,24?. The summed E-state index contributed by atoms with van der Waals surface area (Å²) in [7, 11) is 0. The zero-order valence-corrected chi connectivity index (χ0v) is 17.3. The lowest BCUT2D eigenvalue weighted by Crippen LogP contribution is -2.55. The van der Waals surface area contributed by atoms with Crippen LogP contribution in [0.2, 0.25) is 0 Å². The molecule has 0 radical (unpaired) electrons. The van der Waals surface area contributed by atoms with E-state index in [-0.39, 0.29) is 36.5 Å². The summed E-state index contributed by atoms with van der Waals surface area (Å²) in [6.07, 6.45) is 1.57. The molecule has 2 fully saturated rings. The van der Waals surface area contributed by atoms with E-state index in [0.29, 0.717) is 42.5 Å². The van der Waals surface area contributed by atoms with Gasteiger partial charge >= 0.3 is 0 Å². The molecule has 1 aliphatic carbocycles. The third-order valence-corrected chi connectivity index (χ3v) is 6.71. The molecule has 1 saturated carbocycles. The molecule has 2 aliphatic rings. The number of hydrogen-bond acceptors (Lipinski definition) is 3. The van der Waals surface area contributed by atoms with E-state index in [4.69, 9.17) is 4.74 Å². The van der Waals surface area contributed by atoms with Crippen molar-refractivity contribution in [2.75, 3.05) is 19.8 Å². The maximum Gasteiger partial charge on any atom is 0.223 e. The van der Waals surface area contributed by atoms with Crippen LogP contribution < -0.4 is 5.32 Å². The molecule has 168 valence electrons. The Bertz CT molecular complexity index is 1160. The number of aromatic nitrogens is 1. The van der Waals surface area contributed by atoms with Gasteiger partial charge in [0.25, 0.3) is 0 Å². The fourth-order valence-corrected chi connectivity index (χ4v) is 4.81. The van der Waals surface area contributed by atoms with Crippen molar-refractivity contribution in [3.63, 3.8) is 0 Å². The number of nitrogens with one attached hydrogen (secondary N) is 2. The van der Waals surface area contributed by atoms with E-state index in [2.05, 4.69) is 10.3 Å². The highest BCUT2D eigenvalue weighted by Crippen LogP contribution is 2.48. The number of carbonyl (C=O) groups is 1. The molecule has 2 aromatic carbocycles. The van der Waals surface area contributed by atoms with E-state index in [1.165, 1.54) is 18.2 Å². The van der Waals surface area contributed by atoms with Gasteiger partial charge in [0.05, 0.1) is 30.0 Å². The highest BCUT2D eigenvalue weighted by Gasteiger charge is 2.42. The van der Waals surface area contributed by atoms with Crippen LogP contribution >= 0.6 is 0 Å². The molecule has 5 nitrogen and oxygen atoms in total. The molecule has 1 aliphatic heterocycles. The van der Waals surface area contributed by atoms with Gasteiger partial charge in [-0.2, -0.15) is 0 Å². The second kappa shape index (κ2) is 7.94. The molecule has 8 heteroatoms. The third-order valence-electron chi connectivity index (χ3n) is 6.71. The van der Waals surface area contributed by atoms with Crippen molar-refractivity contribution in [3.8, 4) is 11.3 Å². The number of amides is 1. The van der Waals surface area contributed by atoms with Gasteiger partial charge in [0.2, 0.25) is 5.91 Å². The minimum absolute atomic E-state index is 0.0920. The number of aliphatic hydroxyl groups excluding tert-OH is 1. The Morgan fingerprint density at radius 1 is 1.16 bits per heavy atom. The van der Waals surface area contributed by atoms with Crippen LogP contribution in [0.15, 0.2) is 36.4 Å². The monoisotopic (exact) mass is 444 g/mol. The van der Waals surface area contributed by atoms with Gasteiger partial charge in [0, 0.05) is 24.0 Å². The van der Waals surface area contributed by atoms with Gasteiger partial charge in [0.15, 0.2) is 0 Å². The first-order valence-electron chi connectivity index (χ1n) is 10.7. The molecule has 3 N–H and O–H groups in total. The molecule has 0 bridgehead atoms. The first-order chi connectivity index (χ1) is 15.4. The fraction of sp³-hybridized carbons (Fsp3) is 0.375. The van der Waals surface area contributed by atoms with E-state index < -0.39 is 23.0 Å². The number of halogens is 3. The van der Waals surface area contributed by atoms with Gasteiger partial charge in [0.1, 0.15) is 17.5 Å². The summed E-state index contributed by atoms with van der Waals surface area (Å²) in [6.45, 7) is 0.577. The minimum Gasteiger partial charge on any atom is -0.394 e. The summed E-state index contributed by atoms with van der Waals surface area (Å²) in [4.78, 5) is 15.8. The smallest absolute Gasteiger partial charge is 0.223 e. The number of benzene rings is 2. The summed E-state index contributed by atoms with van der Waals surface area (Å²) in [6, 6.07) is 7.93. The Kier molecular flexibility index (Phi) is 5.22. The highest BCUT2D eigenvalue weighted by atomic mass is 19.1. The minimum atomic E-state index is -0.742. The lowest BCUT2D eigenvalue weighted by Gasteiger charge is -2.37. The Morgan fingerprint density at radius 3 is 2.56 bits per heavy atom. The van der Waals surface area contributed by atoms with E-state index >= 15 is 0 Å². The van der Waals surface area contributed by atoms with Crippen molar-refractivity contribution in [1.29, 1.82) is 0 Å². The van der Waals surface area contributed by atoms with Gasteiger partial charge in [-0.15, -0.1) is 0 Å². The maximum absolute atomic E-state index is 14.5. The number of aliphatic hydroxyl groups is 1. The van der Waals surface area contributed by atoms with Gasteiger partial charge in [-0.1, -0.05) is 0 Å². The largest absolute Gasteiger partial charge is 0.394 e. The number of H-pyrrole nitrogens is 1. The molecule has 1 aromatic heterocycles. The predicted octanol–water partition coefficient (Wildman–Crippen LogP) is 4.01. The molecular formula is C24H23F3N2O3. The Morgan fingerprint density at radius 2 is 1.91 bits per heavy atom. The molecule has 1 unspecified atom stereocenters. The summed E-state index contributed by atoms with van der Waals surface area (Å²) >= 11 is 0.